The largest absolute Gasteiger partial charge is 0.399 e. The number of rotatable bonds is 3. The number of hydrogen-bond donors (Lipinski definition) is 2. The fourth-order valence-electron chi connectivity index (χ4n) is 1.94. The SMILES string of the molecule is Cc1cc(N)ccc1C(=O)NCc1cc(C)c(C)s1. The molecule has 2 rings (SSSR count). The van der Waals surface area contributed by atoms with Crippen LogP contribution in [0.1, 0.15) is 31.2 Å². The molecule has 0 aliphatic rings. The molecule has 0 aliphatic carbocycles. The van der Waals surface area contributed by atoms with E-state index in [9.17, 15) is 4.79 Å². The smallest absolute Gasteiger partial charge is 0.251 e. The molecule has 0 fully saturated rings. The van der Waals surface area contributed by atoms with E-state index in [1.807, 2.05) is 13.0 Å². The molecule has 0 saturated carbocycles. The van der Waals surface area contributed by atoms with Gasteiger partial charge in [0.1, 0.15) is 0 Å². The predicted molar refractivity (Wildman–Crippen MR) is 80.6 cm³/mol. The van der Waals surface area contributed by atoms with Crippen LogP contribution in [0, 0.1) is 20.8 Å². The first kappa shape index (κ1) is 13.6. The number of benzene rings is 1. The second-order valence-electron chi connectivity index (χ2n) is 4.71. The van der Waals surface area contributed by atoms with E-state index < -0.39 is 0 Å². The summed E-state index contributed by atoms with van der Waals surface area (Å²) in [5, 5.41) is 2.95. The Kier molecular flexibility index (Phi) is 3.90. The summed E-state index contributed by atoms with van der Waals surface area (Å²) in [5.41, 5.74) is 9.22. The number of anilines is 1. The molecule has 1 aromatic heterocycles. The quantitative estimate of drug-likeness (QED) is 0.845. The van der Waals surface area contributed by atoms with Gasteiger partial charge >= 0.3 is 0 Å². The Morgan fingerprint density at radius 2 is 1.95 bits per heavy atom. The van der Waals surface area contributed by atoms with E-state index in [2.05, 4.69) is 25.2 Å². The van der Waals surface area contributed by atoms with Gasteiger partial charge in [-0.25, -0.2) is 0 Å². The zero-order chi connectivity index (χ0) is 14.0. The molecule has 0 unspecified atom stereocenters. The number of thiophene rings is 1. The molecular weight excluding hydrogens is 256 g/mol. The maximum atomic E-state index is 12.1. The average molecular weight is 274 g/mol. The van der Waals surface area contributed by atoms with Crippen molar-refractivity contribution >= 4 is 22.9 Å². The van der Waals surface area contributed by atoms with E-state index in [0.717, 1.165) is 5.56 Å². The number of carbonyl (C=O) groups is 1. The molecule has 0 aliphatic heterocycles. The lowest BCUT2D eigenvalue weighted by Gasteiger charge is -2.07. The summed E-state index contributed by atoms with van der Waals surface area (Å²) in [6.07, 6.45) is 0. The lowest BCUT2D eigenvalue weighted by atomic mass is 10.1. The topological polar surface area (TPSA) is 55.1 Å². The number of nitrogens with two attached hydrogens (primary N) is 1. The van der Waals surface area contributed by atoms with Crippen molar-refractivity contribution < 1.29 is 4.79 Å². The Morgan fingerprint density at radius 1 is 1.21 bits per heavy atom. The van der Waals surface area contributed by atoms with Gasteiger partial charge in [0.05, 0.1) is 6.54 Å². The molecule has 3 nitrogen and oxygen atoms in total. The van der Waals surface area contributed by atoms with Gasteiger partial charge < -0.3 is 11.1 Å². The standard InChI is InChI=1S/C15H18N2OS/c1-9-7-13(19-11(9)3)8-17-15(18)14-5-4-12(16)6-10(14)2/h4-7H,8,16H2,1-3H3,(H,17,18). The monoisotopic (exact) mass is 274 g/mol. The molecule has 0 saturated heterocycles. The molecule has 1 amide bonds. The molecular formula is C15H18N2OS. The first-order valence-electron chi connectivity index (χ1n) is 6.17. The van der Waals surface area contributed by atoms with E-state index in [-0.39, 0.29) is 5.91 Å². The number of nitrogens with one attached hydrogen (secondary N) is 1. The molecule has 0 radical (unpaired) electrons. The van der Waals surface area contributed by atoms with Crippen molar-refractivity contribution in [1.29, 1.82) is 0 Å². The maximum absolute atomic E-state index is 12.1. The third-order valence-electron chi connectivity index (χ3n) is 3.14. The molecule has 1 aromatic carbocycles. The van der Waals surface area contributed by atoms with Crippen molar-refractivity contribution in [2.75, 3.05) is 5.73 Å². The van der Waals surface area contributed by atoms with E-state index in [4.69, 9.17) is 5.73 Å². The Balaban J connectivity index is 2.05. The summed E-state index contributed by atoms with van der Waals surface area (Å²) in [4.78, 5) is 14.6. The fraction of sp³-hybridized carbons (Fsp3) is 0.267. The van der Waals surface area contributed by atoms with Gasteiger partial charge in [-0.05, 0) is 56.2 Å². The highest BCUT2D eigenvalue weighted by molar-refractivity contribution is 7.12. The molecule has 2 aromatic rings. The molecule has 19 heavy (non-hydrogen) atoms. The first-order chi connectivity index (χ1) is 8.97. The third-order valence-corrected chi connectivity index (χ3v) is 4.29. The summed E-state index contributed by atoms with van der Waals surface area (Å²) >= 11 is 1.72. The summed E-state index contributed by atoms with van der Waals surface area (Å²) in [6, 6.07) is 7.46. The van der Waals surface area contributed by atoms with Gasteiger partial charge in [-0.2, -0.15) is 0 Å². The van der Waals surface area contributed by atoms with Gasteiger partial charge in [-0.1, -0.05) is 0 Å². The van der Waals surface area contributed by atoms with Crippen LogP contribution in [0.15, 0.2) is 24.3 Å². The van der Waals surface area contributed by atoms with Crippen LogP contribution in [0.3, 0.4) is 0 Å². The highest BCUT2D eigenvalue weighted by Crippen LogP contribution is 2.20. The van der Waals surface area contributed by atoms with Gasteiger partial charge in [-0.15, -0.1) is 11.3 Å². The summed E-state index contributed by atoms with van der Waals surface area (Å²) in [6.45, 7) is 6.64. The lowest BCUT2D eigenvalue weighted by Crippen LogP contribution is -2.23. The second kappa shape index (κ2) is 5.45. The molecule has 0 bridgehead atoms. The van der Waals surface area contributed by atoms with Crippen LogP contribution in [0.2, 0.25) is 0 Å². The van der Waals surface area contributed by atoms with Gasteiger partial charge in [0.2, 0.25) is 0 Å². The van der Waals surface area contributed by atoms with Crippen molar-refractivity contribution in [3.8, 4) is 0 Å². The third kappa shape index (κ3) is 3.15. The summed E-state index contributed by atoms with van der Waals surface area (Å²) in [5.74, 6) is -0.0544. The summed E-state index contributed by atoms with van der Waals surface area (Å²) < 4.78 is 0. The van der Waals surface area contributed by atoms with E-state index >= 15 is 0 Å². The average Bonchev–Trinajstić information content (AvgIpc) is 2.66. The Labute approximate surface area is 117 Å². The van der Waals surface area contributed by atoms with Crippen molar-refractivity contribution in [1.82, 2.24) is 5.32 Å². The fourth-order valence-corrected chi connectivity index (χ4v) is 2.93. The van der Waals surface area contributed by atoms with Crippen LogP contribution >= 0.6 is 11.3 Å². The van der Waals surface area contributed by atoms with Gasteiger partial charge in [0, 0.05) is 21.0 Å². The summed E-state index contributed by atoms with van der Waals surface area (Å²) in [7, 11) is 0. The molecule has 100 valence electrons. The van der Waals surface area contributed by atoms with Crippen molar-refractivity contribution in [2.45, 2.75) is 27.3 Å². The van der Waals surface area contributed by atoms with Gasteiger partial charge in [-0.3, -0.25) is 4.79 Å². The van der Waals surface area contributed by atoms with Crippen LogP contribution in [0.25, 0.3) is 0 Å². The van der Waals surface area contributed by atoms with Gasteiger partial charge in [0.15, 0.2) is 0 Å². The normalized spacial score (nSPS) is 10.5. The minimum Gasteiger partial charge on any atom is -0.399 e. The molecule has 4 heteroatoms. The number of amides is 1. The van der Waals surface area contributed by atoms with Crippen LogP contribution in [-0.4, -0.2) is 5.91 Å². The van der Waals surface area contributed by atoms with E-state index in [1.54, 1.807) is 23.5 Å². The minimum absolute atomic E-state index is 0.0544. The number of aryl methyl sites for hydroxylation is 3. The van der Waals surface area contributed by atoms with Crippen molar-refractivity contribution in [3.63, 3.8) is 0 Å². The molecule has 0 atom stereocenters. The van der Waals surface area contributed by atoms with Crippen molar-refractivity contribution in [2.24, 2.45) is 0 Å². The Morgan fingerprint density at radius 3 is 2.53 bits per heavy atom. The van der Waals surface area contributed by atoms with Crippen LogP contribution in [0.4, 0.5) is 5.69 Å². The van der Waals surface area contributed by atoms with E-state index in [1.165, 1.54) is 15.3 Å². The van der Waals surface area contributed by atoms with Crippen LogP contribution in [-0.2, 0) is 6.54 Å². The van der Waals surface area contributed by atoms with Gasteiger partial charge in [0.25, 0.3) is 5.91 Å². The lowest BCUT2D eigenvalue weighted by molar-refractivity contribution is 0.0950. The molecule has 0 spiro atoms. The highest BCUT2D eigenvalue weighted by atomic mass is 32.1. The predicted octanol–water partition coefficient (Wildman–Crippen LogP) is 3.19. The van der Waals surface area contributed by atoms with Crippen LogP contribution < -0.4 is 11.1 Å². The zero-order valence-electron chi connectivity index (χ0n) is 11.4. The Hall–Kier alpha value is -1.81. The Bertz CT molecular complexity index is 597. The molecule has 3 N–H and O–H groups in total. The zero-order valence-corrected chi connectivity index (χ0v) is 12.2. The number of carbonyl (C=O) groups excluding carboxylic acids is 1. The highest BCUT2D eigenvalue weighted by Gasteiger charge is 2.09. The minimum atomic E-state index is -0.0544. The van der Waals surface area contributed by atoms with Crippen LogP contribution in [0.5, 0.6) is 0 Å². The molecule has 1 heterocycles. The first-order valence-corrected chi connectivity index (χ1v) is 6.99. The van der Waals surface area contributed by atoms with Crippen molar-refractivity contribution in [3.05, 3.63) is 50.7 Å². The number of hydrogen-bond acceptors (Lipinski definition) is 3. The van der Waals surface area contributed by atoms with E-state index in [0.29, 0.717) is 17.8 Å². The maximum Gasteiger partial charge on any atom is 0.251 e. The second-order valence-corrected chi connectivity index (χ2v) is 6.05. The number of nitrogen functional groups attached to an aromatic ring is 1.